The fraction of sp³-hybridized carbons (Fsp3) is 0.321. The van der Waals surface area contributed by atoms with Crippen molar-refractivity contribution in [3.05, 3.63) is 95.6 Å². The lowest BCUT2D eigenvalue weighted by Gasteiger charge is -2.28. The van der Waals surface area contributed by atoms with Crippen LogP contribution in [0.1, 0.15) is 17.5 Å². The lowest BCUT2D eigenvalue weighted by molar-refractivity contribution is 0.0365. The summed E-state index contributed by atoms with van der Waals surface area (Å²) in [6.45, 7) is 5.23. The second-order valence-corrected chi connectivity index (χ2v) is 8.71. The number of anilines is 1. The van der Waals surface area contributed by atoms with Crippen molar-refractivity contribution in [2.24, 2.45) is 0 Å². The van der Waals surface area contributed by atoms with E-state index >= 15 is 0 Å². The molecule has 0 radical (unpaired) electrons. The zero-order valence-electron chi connectivity index (χ0n) is 20.2. The molecule has 1 N–H and O–H groups in total. The van der Waals surface area contributed by atoms with E-state index in [9.17, 15) is 13.6 Å². The van der Waals surface area contributed by atoms with E-state index in [1.165, 1.54) is 6.07 Å². The zero-order chi connectivity index (χ0) is 25.2. The van der Waals surface area contributed by atoms with Gasteiger partial charge in [-0.1, -0.05) is 42.5 Å². The van der Waals surface area contributed by atoms with Crippen LogP contribution in [0.5, 0.6) is 5.75 Å². The molecular weight excluding hydrogens is 464 g/mol. The van der Waals surface area contributed by atoms with Crippen molar-refractivity contribution in [2.45, 2.75) is 19.6 Å². The molecule has 1 saturated heterocycles. The molecule has 0 atom stereocenters. The zero-order valence-corrected chi connectivity index (χ0v) is 20.2. The summed E-state index contributed by atoms with van der Waals surface area (Å²) < 4.78 is 38.8. The van der Waals surface area contributed by atoms with Crippen LogP contribution >= 0.6 is 0 Å². The molecule has 190 valence electrons. The van der Waals surface area contributed by atoms with Crippen LogP contribution in [0, 0.1) is 11.6 Å². The lowest BCUT2D eigenvalue weighted by Crippen LogP contribution is -2.40. The minimum atomic E-state index is -0.812. The molecule has 0 aliphatic carbocycles. The minimum absolute atomic E-state index is 0.0560. The summed E-state index contributed by atoms with van der Waals surface area (Å²) in [7, 11) is 0. The second kappa shape index (κ2) is 13.0. The van der Waals surface area contributed by atoms with Gasteiger partial charge in [0, 0.05) is 38.8 Å². The molecule has 36 heavy (non-hydrogen) atoms. The summed E-state index contributed by atoms with van der Waals surface area (Å²) in [5.74, 6) is -0.803. The van der Waals surface area contributed by atoms with Crippen molar-refractivity contribution >= 4 is 11.7 Å². The van der Waals surface area contributed by atoms with Crippen LogP contribution in [0.25, 0.3) is 0 Å². The number of nitrogens with one attached hydrogen (secondary N) is 1. The number of morpholine rings is 1. The first kappa shape index (κ1) is 25.6. The van der Waals surface area contributed by atoms with Crippen LogP contribution in [0.2, 0.25) is 0 Å². The molecule has 0 unspecified atom stereocenters. The van der Waals surface area contributed by atoms with Crippen LogP contribution < -0.4 is 10.1 Å². The van der Waals surface area contributed by atoms with Gasteiger partial charge in [0.1, 0.15) is 24.0 Å². The number of benzene rings is 3. The van der Waals surface area contributed by atoms with Crippen LogP contribution in [0.3, 0.4) is 0 Å². The average Bonchev–Trinajstić information content (AvgIpc) is 2.90. The van der Waals surface area contributed by atoms with E-state index in [0.717, 1.165) is 49.3 Å². The highest BCUT2D eigenvalue weighted by Gasteiger charge is 2.18. The first-order valence-corrected chi connectivity index (χ1v) is 12.1. The van der Waals surface area contributed by atoms with Gasteiger partial charge >= 0.3 is 6.03 Å². The Hall–Kier alpha value is -3.49. The fourth-order valence-corrected chi connectivity index (χ4v) is 4.04. The number of rotatable bonds is 10. The Kier molecular flexibility index (Phi) is 9.24. The van der Waals surface area contributed by atoms with Gasteiger partial charge in [0.2, 0.25) is 0 Å². The molecule has 3 aromatic carbocycles. The van der Waals surface area contributed by atoms with Crippen molar-refractivity contribution in [3.63, 3.8) is 0 Å². The maximum Gasteiger partial charge on any atom is 0.322 e. The summed E-state index contributed by atoms with van der Waals surface area (Å²) in [5, 5.41) is 2.59. The average molecular weight is 496 g/mol. The maximum atomic E-state index is 14.2. The largest absolute Gasteiger partial charge is 0.489 e. The Morgan fingerprint density at radius 3 is 2.53 bits per heavy atom. The van der Waals surface area contributed by atoms with Crippen LogP contribution in [0.4, 0.5) is 19.3 Å². The van der Waals surface area contributed by atoms with E-state index in [-0.39, 0.29) is 5.69 Å². The smallest absolute Gasteiger partial charge is 0.322 e. The second-order valence-electron chi connectivity index (χ2n) is 8.71. The van der Waals surface area contributed by atoms with Gasteiger partial charge in [-0.2, -0.15) is 0 Å². The number of carbonyl (C=O) groups excluding carboxylic acids is 1. The molecule has 0 aromatic heterocycles. The highest BCUT2D eigenvalue weighted by atomic mass is 19.1. The van der Waals surface area contributed by atoms with Gasteiger partial charge in [0.15, 0.2) is 0 Å². The predicted molar refractivity (Wildman–Crippen MR) is 135 cm³/mol. The Morgan fingerprint density at radius 1 is 0.972 bits per heavy atom. The SMILES string of the molecule is O=C(Nc1ccc(F)cc1F)N(CCCN1CCOCC1)Cc1cccc(OCc2ccccc2)c1. The number of amides is 2. The standard InChI is InChI=1S/C28H31F2N3O3/c29-24-10-11-27(26(30)19-24)31-28(34)33(13-5-12-32-14-16-35-17-15-32)20-23-8-4-9-25(18-23)36-21-22-6-2-1-3-7-22/h1-4,6-11,18-19H,5,12-17,20-21H2,(H,31,34). The van der Waals surface area contributed by atoms with E-state index in [0.29, 0.717) is 38.7 Å². The normalized spacial score (nSPS) is 13.8. The first-order valence-electron chi connectivity index (χ1n) is 12.1. The molecule has 0 saturated carbocycles. The summed E-state index contributed by atoms with van der Waals surface area (Å²) in [5.41, 5.74) is 1.90. The summed E-state index contributed by atoms with van der Waals surface area (Å²) in [6, 6.07) is 20.1. The van der Waals surface area contributed by atoms with Crippen molar-refractivity contribution in [1.29, 1.82) is 0 Å². The van der Waals surface area contributed by atoms with Crippen molar-refractivity contribution in [2.75, 3.05) is 44.7 Å². The molecule has 1 fully saturated rings. The molecule has 0 bridgehead atoms. The molecule has 8 heteroatoms. The number of hydrogen-bond donors (Lipinski definition) is 1. The molecule has 1 aliphatic heterocycles. The minimum Gasteiger partial charge on any atom is -0.489 e. The highest BCUT2D eigenvalue weighted by molar-refractivity contribution is 5.89. The third kappa shape index (κ3) is 7.76. The number of urea groups is 1. The van der Waals surface area contributed by atoms with E-state index in [1.54, 1.807) is 4.90 Å². The van der Waals surface area contributed by atoms with Gasteiger partial charge in [-0.25, -0.2) is 13.6 Å². The molecule has 0 spiro atoms. The number of hydrogen-bond acceptors (Lipinski definition) is 4. The first-order chi connectivity index (χ1) is 17.6. The molecule has 6 nitrogen and oxygen atoms in total. The molecule has 1 heterocycles. The quantitative estimate of drug-likeness (QED) is 0.415. The van der Waals surface area contributed by atoms with E-state index in [2.05, 4.69) is 10.2 Å². The summed E-state index contributed by atoms with van der Waals surface area (Å²) in [4.78, 5) is 17.1. The molecule has 3 aromatic rings. The number of halogens is 2. The monoisotopic (exact) mass is 495 g/mol. The van der Waals surface area contributed by atoms with Gasteiger partial charge < -0.3 is 19.7 Å². The molecule has 2 amide bonds. The van der Waals surface area contributed by atoms with E-state index in [4.69, 9.17) is 9.47 Å². The van der Waals surface area contributed by atoms with Crippen molar-refractivity contribution < 1.29 is 23.0 Å². The van der Waals surface area contributed by atoms with Crippen molar-refractivity contribution in [1.82, 2.24) is 9.80 Å². The topological polar surface area (TPSA) is 54.0 Å². The lowest BCUT2D eigenvalue weighted by atomic mass is 10.2. The number of ether oxygens (including phenoxy) is 2. The third-order valence-corrected chi connectivity index (χ3v) is 5.99. The third-order valence-electron chi connectivity index (χ3n) is 5.99. The maximum absolute atomic E-state index is 14.2. The Balaban J connectivity index is 1.41. The van der Waals surface area contributed by atoms with Gasteiger partial charge in [0.05, 0.1) is 18.9 Å². The fourth-order valence-electron chi connectivity index (χ4n) is 4.04. The number of nitrogens with zero attached hydrogens (tertiary/aromatic N) is 2. The van der Waals surface area contributed by atoms with Crippen LogP contribution in [0.15, 0.2) is 72.8 Å². The Labute approximate surface area is 210 Å². The van der Waals surface area contributed by atoms with Crippen LogP contribution in [-0.2, 0) is 17.9 Å². The summed E-state index contributed by atoms with van der Waals surface area (Å²) >= 11 is 0. The van der Waals surface area contributed by atoms with Crippen LogP contribution in [-0.4, -0.2) is 55.2 Å². The Morgan fingerprint density at radius 2 is 1.75 bits per heavy atom. The van der Waals surface area contributed by atoms with Gasteiger partial charge in [-0.05, 0) is 41.8 Å². The van der Waals surface area contributed by atoms with E-state index in [1.807, 2.05) is 54.6 Å². The number of carbonyl (C=O) groups is 1. The van der Waals surface area contributed by atoms with Crippen molar-refractivity contribution in [3.8, 4) is 5.75 Å². The molecular formula is C28H31F2N3O3. The molecule has 4 rings (SSSR count). The van der Waals surface area contributed by atoms with E-state index < -0.39 is 17.7 Å². The highest BCUT2D eigenvalue weighted by Crippen LogP contribution is 2.19. The molecule has 1 aliphatic rings. The van der Waals surface area contributed by atoms with Gasteiger partial charge in [-0.3, -0.25) is 4.90 Å². The van der Waals surface area contributed by atoms with Gasteiger partial charge in [-0.15, -0.1) is 0 Å². The predicted octanol–water partition coefficient (Wildman–Crippen LogP) is 5.30. The van der Waals surface area contributed by atoms with Gasteiger partial charge in [0.25, 0.3) is 0 Å². The Bertz CT molecular complexity index is 1120. The summed E-state index contributed by atoms with van der Waals surface area (Å²) in [6.07, 6.45) is 0.753.